The van der Waals surface area contributed by atoms with E-state index in [0.717, 1.165) is 37.7 Å². The van der Waals surface area contributed by atoms with Gasteiger partial charge in [-0.25, -0.2) is 4.39 Å². The normalized spacial score (nSPS) is 16.5. The number of rotatable bonds is 19. The Kier molecular flexibility index (Phi) is 17.6. The van der Waals surface area contributed by atoms with Gasteiger partial charge in [-0.3, -0.25) is 19.3 Å². The van der Waals surface area contributed by atoms with Gasteiger partial charge in [0.1, 0.15) is 24.9 Å². The summed E-state index contributed by atoms with van der Waals surface area (Å²) in [7, 11) is 3.18. The molecule has 0 saturated heterocycles. The predicted octanol–water partition coefficient (Wildman–Crippen LogP) is 2.51. The second-order valence-electron chi connectivity index (χ2n) is 12.6. The molecule has 5 atom stereocenters. The maximum atomic E-state index is 13.9. The Labute approximate surface area is 280 Å². The third kappa shape index (κ3) is 13.4. The SMILES string of the molecule is C#CCCC(O)C(O)C(CC1CCCCC1)NC(=O)[C@@H](NC(=O)C(CC(=O)N(C)CCN(C)CF)Cc1ccccc1)C(C#C)C#C. The number of aliphatic hydroxyl groups excluding tert-OH is 2. The van der Waals surface area contributed by atoms with E-state index < -0.39 is 54.7 Å². The number of nitrogens with zero attached hydrogens (tertiary/aromatic N) is 2. The first kappa shape index (κ1) is 39.3. The van der Waals surface area contributed by atoms with Crippen molar-refractivity contribution in [2.75, 3.05) is 34.0 Å². The molecule has 0 heterocycles. The smallest absolute Gasteiger partial charge is 0.245 e. The molecule has 9 nitrogen and oxygen atoms in total. The standard InChI is InChI=1S/C37H51FN4O5/c1-6-9-20-32(43)35(45)31(24-28-18-14-11-15-19-28)39-37(47)34(29(7-2)8-3)40-36(46)30(23-27-16-12-10-13-17-27)25-33(44)42(5)22-21-41(4)26-38/h1-3,10,12-13,16-17,28-32,34-35,43,45H,9,11,14-15,18-26H2,4-5H3,(H,39,47)(H,40,46)/t30?,31?,32?,34-,35?/m0/s1. The number of hydrogen-bond donors (Lipinski definition) is 4. The molecular weight excluding hydrogens is 599 g/mol. The number of hydrogen-bond acceptors (Lipinski definition) is 6. The van der Waals surface area contributed by atoms with Crippen molar-refractivity contribution in [2.45, 2.75) is 88.5 Å². The highest BCUT2D eigenvalue weighted by Gasteiger charge is 2.36. The molecule has 3 amide bonds. The molecule has 47 heavy (non-hydrogen) atoms. The van der Waals surface area contributed by atoms with E-state index in [4.69, 9.17) is 19.3 Å². The maximum absolute atomic E-state index is 13.9. The number of alkyl halides is 1. The summed E-state index contributed by atoms with van der Waals surface area (Å²) in [5.41, 5.74) is 0.809. The minimum atomic E-state index is -1.37. The fraction of sp³-hybridized carbons (Fsp3) is 0.595. The highest BCUT2D eigenvalue weighted by molar-refractivity contribution is 5.91. The lowest BCUT2D eigenvalue weighted by atomic mass is 9.82. The number of carbonyl (C=O) groups excluding carboxylic acids is 3. The van der Waals surface area contributed by atoms with E-state index in [1.165, 1.54) is 9.80 Å². The number of likely N-dealkylation sites (N-methyl/N-ethyl adjacent to an activating group) is 2. The lowest BCUT2D eigenvalue weighted by Crippen LogP contribution is -2.57. The van der Waals surface area contributed by atoms with Crippen LogP contribution in [0.4, 0.5) is 4.39 Å². The summed E-state index contributed by atoms with van der Waals surface area (Å²) in [5.74, 6) is 3.85. The largest absolute Gasteiger partial charge is 0.390 e. The van der Waals surface area contributed by atoms with Crippen LogP contribution in [0, 0.1) is 54.8 Å². The van der Waals surface area contributed by atoms with Gasteiger partial charge in [0.05, 0.1) is 18.1 Å². The van der Waals surface area contributed by atoms with Crippen LogP contribution >= 0.6 is 0 Å². The Morgan fingerprint density at radius 1 is 0.979 bits per heavy atom. The summed E-state index contributed by atoms with van der Waals surface area (Å²) >= 11 is 0. The van der Waals surface area contributed by atoms with Crippen LogP contribution in [-0.4, -0.2) is 96.0 Å². The van der Waals surface area contributed by atoms with E-state index in [2.05, 4.69) is 28.4 Å². The molecule has 1 aromatic rings. The quantitative estimate of drug-likeness (QED) is 0.135. The van der Waals surface area contributed by atoms with Crippen molar-refractivity contribution < 1.29 is 29.0 Å². The monoisotopic (exact) mass is 650 g/mol. The first-order valence-corrected chi connectivity index (χ1v) is 16.4. The molecule has 0 spiro atoms. The molecule has 1 fully saturated rings. The van der Waals surface area contributed by atoms with Crippen molar-refractivity contribution >= 4 is 17.7 Å². The summed E-state index contributed by atoms with van der Waals surface area (Å²) in [6, 6.07) is 6.95. The maximum Gasteiger partial charge on any atom is 0.245 e. The summed E-state index contributed by atoms with van der Waals surface area (Å²) in [5, 5.41) is 27.4. The third-order valence-corrected chi connectivity index (χ3v) is 8.87. The van der Waals surface area contributed by atoms with Crippen molar-refractivity contribution in [3.63, 3.8) is 0 Å². The van der Waals surface area contributed by atoms with Crippen LogP contribution < -0.4 is 10.6 Å². The van der Waals surface area contributed by atoms with Crippen LogP contribution in [0.2, 0.25) is 0 Å². The van der Waals surface area contributed by atoms with Gasteiger partial charge < -0.3 is 25.7 Å². The fourth-order valence-electron chi connectivity index (χ4n) is 5.85. The Hall–Kier alpha value is -3.88. The Morgan fingerprint density at radius 3 is 2.23 bits per heavy atom. The first-order valence-electron chi connectivity index (χ1n) is 16.4. The molecule has 1 aromatic carbocycles. The Balaban J connectivity index is 2.31. The number of terminal acetylenes is 3. The van der Waals surface area contributed by atoms with Gasteiger partial charge in [-0.1, -0.05) is 74.3 Å². The summed E-state index contributed by atoms with van der Waals surface area (Å²) in [6.45, 7) is -0.0789. The van der Waals surface area contributed by atoms with Crippen LogP contribution in [-0.2, 0) is 20.8 Å². The molecule has 4 N–H and O–H groups in total. The highest BCUT2D eigenvalue weighted by atomic mass is 19.1. The van der Waals surface area contributed by atoms with Crippen LogP contribution in [0.1, 0.15) is 63.4 Å². The average molecular weight is 651 g/mol. The van der Waals surface area contributed by atoms with E-state index in [1.54, 1.807) is 14.1 Å². The molecule has 10 heteroatoms. The fourth-order valence-corrected chi connectivity index (χ4v) is 5.85. The molecule has 1 aliphatic carbocycles. The van der Waals surface area contributed by atoms with Crippen molar-refractivity contribution in [2.24, 2.45) is 17.8 Å². The molecule has 2 rings (SSSR count). The molecule has 256 valence electrons. The minimum Gasteiger partial charge on any atom is -0.390 e. The van der Waals surface area contributed by atoms with Gasteiger partial charge in [0.25, 0.3) is 0 Å². The zero-order chi connectivity index (χ0) is 34.8. The molecule has 0 aromatic heterocycles. The van der Waals surface area contributed by atoms with Crippen molar-refractivity contribution in [1.82, 2.24) is 20.4 Å². The summed E-state index contributed by atoms with van der Waals surface area (Å²) in [4.78, 5) is 43.8. The lowest BCUT2D eigenvalue weighted by Gasteiger charge is -2.33. The molecule has 4 unspecified atom stereocenters. The van der Waals surface area contributed by atoms with Gasteiger partial charge in [0, 0.05) is 33.0 Å². The van der Waals surface area contributed by atoms with Crippen molar-refractivity contribution in [1.29, 1.82) is 0 Å². The van der Waals surface area contributed by atoms with Crippen molar-refractivity contribution in [3.8, 4) is 37.0 Å². The summed E-state index contributed by atoms with van der Waals surface area (Å²) in [6.07, 6.45) is 20.2. The zero-order valence-electron chi connectivity index (χ0n) is 27.7. The molecule has 0 radical (unpaired) electrons. The van der Waals surface area contributed by atoms with Crippen LogP contribution in [0.25, 0.3) is 0 Å². The second kappa shape index (κ2) is 21.1. The highest BCUT2D eigenvalue weighted by Crippen LogP contribution is 2.29. The number of carbonyl (C=O) groups is 3. The molecule has 0 bridgehead atoms. The van der Waals surface area contributed by atoms with E-state index in [-0.39, 0.29) is 44.1 Å². The predicted molar refractivity (Wildman–Crippen MR) is 181 cm³/mol. The molecule has 0 aliphatic heterocycles. The van der Waals surface area contributed by atoms with Crippen molar-refractivity contribution in [3.05, 3.63) is 35.9 Å². The number of amides is 3. The first-order chi connectivity index (χ1) is 22.5. The third-order valence-electron chi connectivity index (χ3n) is 8.87. The van der Waals surface area contributed by atoms with Crippen LogP contribution in [0.5, 0.6) is 0 Å². The van der Waals surface area contributed by atoms with Gasteiger partial charge in [0.2, 0.25) is 17.7 Å². The second-order valence-corrected chi connectivity index (χ2v) is 12.6. The van der Waals surface area contributed by atoms with Gasteiger partial charge in [0.15, 0.2) is 0 Å². The average Bonchev–Trinajstić information content (AvgIpc) is 3.09. The van der Waals surface area contributed by atoms with Crippen LogP contribution in [0.3, 0.4) is 0 Å². The Morgan fingerprint density at radius 2 is 1.64 bits per heavy atom. The van der Waals surface area contributed by atoms with E-state index in [1.807, 2.05) is 30.3 Å². The molecular formula is C37H51FN4O5. The summed E-state index contributed by atoms with van der Waals surface area (Å²) < 4.78 is 12.9. The Bertz CT molecular complexity index is 1240. The number of benzene rings is 1. The van der Waals surface area contributed by atoms with E-state index in [0.29, 0.717) is 13.0 Å². The molecule has 1 aliphatic rings. The topological polar surface area (TPSA) is 122 Å². The van der Waals surface area contributed by atoms with E-state index >= 15 is 0 Å². The number of halogens is 1. The number of nitrogens with one attached hydrogen (secondary N) is 2. The van der Waals surface area contributed by atoms with Gasteiger partial charge in [-0.05, 0) is 37.8 Å². The van der Waals surface area contributed by atoms with E-state index in [9.17, 15) is 29.0 Å². The number of aliphatic hydroxyl groups is 2. The minimum absolute atomic E-state index is 0.153. The molecule has 1 saturated carbocycles. The van der Waals surface area contributed by atoms with Gasteiger partial charge >= 0.3 is 0 Å². The van der Waals surface area contributed by atoms with Gasteiger partial charge in [-0.2, -0.15) is 0 Å². The zero-order valence-corrected chi connectivity index (χ0v) is 27.7. The lowest BCUT2D eigenvalue weighted by molar-refractivity contribution is -0.137. The van der Waals surface area contributed by atoms with Crippen LogP contribution in [0.15, 0.2) is 30.3 Å². The van der Waals surface area contributed by atoms with Gasteiger partial charge in [-0.15, -0.1) is 25.2 Å².